The van der Waals surface area contributed by atoms with Crippen LogP contribution in [0, 0.1) is 6.92 Å². The van der Waals surface area contributed by atoms with Crippen LogP contribution in [-0.4, -0.2) is 39.6 Å². The Morgan fingerprint density at radius 3 is 2.46 bits per heavy atom. The zero-order valence-corrected chi connectivity index (χ0v) is 21.6. The van der Waals surface area contributed by atoms with E-state index in [-0.39, 0.29) is 38.5 Å². The molecule has 196 valence electrons. The number of benzene rings is 1. The fourth-order valence-electron chi connectivity index (χ4n) is 3.15. The van der Waals surface area contributed by atoms with Crippen molar-refractivity contribution < 1.29 is 32.3 Å². The number of carbonyl (C=O) groups excluding carboxylic acids is 3. The molecule has 37 heavy (non-hydrogen) atoms. The third-order valence-electron chi connectivity index (χ3n) is 4.97. The van der Waals surface area contributed by atoms with Crippen molar-refractivity contribution in [3.8, 4) is 11.3 Å². The lowest BCUT2D eigenvalue weighted by Crippen LogP contribution is -2.24. The fourth-order valence-corrected chi connectivity index (χ4v) is 4.99. The van der Waals surface area contributed by atoms with Crippen molar-refractivity contribution >= 4 is 45.9 Å². The number of primary amides is 1. The molecule has 13 heteroatoms. The first-order valence-corrected chi connectivity index (χ1v) is 12.7. The van der Waals surface area contributed by atoms with Gasteiger partial charge in [0.25, 0.3) is 5.91 Å². The number of nitrogens with two attached hydrogens (primary N) is 1. The number of thiophene rings is 1. The number of ether oxygens (including phenoxy) is 1. The highest BCUT2D eigenvalue weighted by atomic mass is 32.2. The molecular formula is C24H23F3N4O4S2. The third kappa shape index (κ3) is 6.86. The second-order valence-corrected chi connectivity index (χ2v) is 10.1. The maximum atomic E-state index is 13.5. The quantitative estimate of drug-likeness (QED) is 0.209. The first-order chi connectivity index (χ1) is 17.4. The van der Waals surface area contributed by atoms with Gasteiger partial charge in [-0.1, -0.05) is 49.0 Å². The maximum Gasteiger partial charge on any atom is 0.433 e. The normalized spacial score (nSPS) is 12.2. The summed E-state index contributed by atoms with van der Waals surface area (Å²) in [4.78, 5) is 45.2. The Balaban J connectivity index is 1.88. The van der Waals surface area contributed by atoms with Gasteiger partial charge in [-0.05, 0) is 31.9 Å². The number of aromatic nitrogens is 2. The molecule has 3 rings (SSSR count). The summed E-state index contributed by atoms with van der Waals surface area (Å²) in [5.74, 6) is -2.15. The number of hydrogen-bond acceptors (Lipinski definition) is 8. The fraction of sp³-hybridized carbons (Fsp3) is 0.292. The van der Waals surface area contributed by atoms with Crippen LogP contribution in [0.25, 0.3) is 11.3 Å². The Morgan fingerprint density at radius 2 is 1.86 bits per heavy atom. The zero-order valence-electron chi connectivity index (χ0n) is 20.0. The van der Waals surface area contributed by atoms with Crippen molar-refractivity contribution in [3.63, 3.8) is 0 Å². The summed E-state index contributed by atoms with van der Waals surface area (Å²) in [6.45, 7) is 4.91. The van der Waals surface area contributed by atoms with Crippen LogP contribution in [0.4, 0.5) is 18.2 Å². The van der Waals surface area contributed by atoms with Gasteiger partial charge in [-0.3, -0.25) is 9.59 Å². The van der Waals surface area contributed by atoms with Crippen molar-refractivity contribution in [2.24, 2.45) is 5.73 Å². The molecule has 1 atom stereocenters. The van der Waals surface area contributed by atoms with Crippen LogP contribution >= 0.6 is 23.1 Å². The van der Waals surface area contributed by atoms with Crippen molar-refractivity contribution in [3.05, 3.63) is 58.1 Å². The van der Waals surface area contributed by atoms with Crippen LogP contribution in [0.5, 0.6) is 0 Å². The molecule has 2 heterocycles. The lowest BCUT2D eigenvalue weighted by molar-refractivity contribution is -0.141. The number of alkyl halides is 3. The molecule has 2 aromatic heterocycles. The molecule has 8 nitrogen and oxygen atoms in total. The second-order valence-electron chi connectivity index (χ2n) is 7.79. The highest BCUT2D eigenvalue weighted by Gasteiger charge is 2.34. The number of nitrogens with one attached hydrogen (secondary N) is 1. The number of anilines is 1. The summed E-state index contributed by atoms with van der Waals surface area (Å²) < 4.78 is 45.7. The van der Waals surface area contributed by atoms with E-state index in [1.807, 2.05) is 6.92 Å². The Kier molecular flexibility index (Phi) is 8.92. The minimum absolute atomic E-state index is 0.000479. The molecule has 0 bridgehead atoms. The molecule has 0 aliphatic rings. The van der Waals surface area contributed by atoms with E-state index in [0.717, 1.165) is 29.2 Å². The van der Waals surface area contributed by atoms with E-state index in [2.05, 4.69) is 15.3 Å². The summed E-state index contributed by atoms with van der Waals surface area (Å²) in [6, 6.07) is 9.13. The summed E-state index contributed by atoms with van der Waals surface area (Å²) in [6.07, 6.45) is -4.16. The predicted molar refractivity (Wildman–Crippen MR) is 135 cm³/mol. The number of thioether (sulfide) groups is 1. The summed E-state index contributed by atoms with van der Waals surface area (Å²) in [5.41, 5.74) is 5.03. The van der Waals surface area contributed by atoms with E-state index < -0.39 is 34.9 Å². The Hall–Kier alpha value is -3.45. The first kappa shape index (κ1) is 28.1. The number of hydrogen-bond donors (Lipinski definition) is 2. The van der Waals surface area contributed by atoms with E-state index in [0.29, 0.717) is 12.0 Å². The van der Waals surface area contributed by atoms with Gasteiger partial charge in [-0.25, -0.2) is 14.8 Å². The number of rotatable bonds is 9. The first-order valence-electron chi connectivity index (χ1n) is 11.0. The second kappa shape index (κ2) is 11.7. The average Bonchev–Trinajstić information content (AvgIpc) is 3.18. The monoisotopic (exact) mass is 552 g/mol. The lowest BCUT2D eigenvalue weighted by Gasteiger charge is -2.14. The van der Waals surface area contributed by atoms with E-state index in [1.165, 1.54) is 13.8 Å². The molecule has 0 aliphatic heterocycles. The Morgan fingerprint density at radius 1 is 1.19 bits per heavy atom. The van der Waals surface area contributed by atoms with Crippen LogP contribution in [0.15, 0.2) is 41.6 Å². The zero-order chi connectivity index (χ0) is 27.3. The smallest absolute Gasteiger partial charge is 0.433 e. The molecule has 1 aromatic carbocycles. The van der Waals surface area contributed by atoms with Crippen molar-refractivity contribution in [1.29, 1.82) is 0 Å². The van der Waals surface area contributed by atoms with Crippen molar-refractivity contribution in [1.82, 2.24) is 9.97 Å². The van der Waals surface area contributed by atoms with E-state index >= 15 is 0 Å². The van der Waals surface area contributed by atoms with Gasteiger partial charge in [-0.15, -0.1) is 11.3 Å². The third-order valence-corrected chi connectivity index (χ3v) is 7.15. The van der Waals surface area contributed by atoms with Gasteiger partial charge in [0.05, 0.1) is 28.0 Å². The largest absolute Gasteiger partial charge is 0.462 e. The van der Waals surface area contributed by atoms with Gasteiger partial charge in [0.1, 0.15) is 10.7 Å². The van der Waals surface area contributed by atoms with E-state index in [9.17, 15) is 27.6 Å². The molecule has 0 saturated heterocycles. The maximum absolute atomic E-state index is 13.5. The molecule has 0 radical (unpaired) electrons. The molecule has 3 aromatic rings. The van der Waals surface area contributed by atoms with Crippen LogP contribution in [0.2, 0.25) is 0 Å². The highest BCUT2D eigenvalue weighted by molar-refractivity contribution is 8.00. The molecular weight excluding hydrogens is 529 g/mol. The van der Waals surface area contributed by atoms with Gasteiger partial charge >= 0.3 is 12.1 Å². The van der Waals surface area contributed by atoms with Gasteiger partial charge < -0.3 is 15.8 Å². The van der Waals surface area contributed by atoms with E-state index in [4.69, 9.17) is 10.5 Å². The molecule has 2 amide bonds. The van der Waals surface area contributed by atoms with Crippen molar-refractivity contribution in [2.45, 2.75) is 43.8 Å². The van der Waals surface area contributed by atoms with Gasteiger partial charge in [0, 0.05) is 5.56 Å². The van der Waals surface area contributed by atoms with Crippen LogP contribution in [-0.2, 0) is 15.7 Å². The molecule has 0 spiro atoms. The van der Waals surface area contributed by atoms with Crippen LogP contribution < -0.4 is 11.1 Å². The number of halogens is 3. The summed E-state index contributed by atoms with van der Waals surface area (Å²) in [7, 11) is 0. The van der Waals surface area contributed by atoms with E-state index in [1.54, 1.807) is 30.3 Å². The summed E-state index contributed by atoms with van der Waals surface area (Å²) in [5, 5.41) is 1.41. The van der Waals surface area contributed by atoms with Crippen LogP contribution in [0.3, 0.4) is 0 Å². The standard InChI is InChI=1S/C24H23F3N4O4S2/c1-4-10-35-22(34)17-12(2)18(19(28)32)37-21(17)31-20(33)13(3)36-23-29-15(14-8-6-5-7-9-14)11-16(30-23)24(25,26)27/h5-9,11,13H,4,10H2,1-3H3,(H2,28,32)(H,31,33). The average molecular weight is 553 g/mol. The molecule has 1 unspecified atom stereocenters. The van der Waals surface area contributed by atoms with Crippen LogP contribution in [0.1, 0.15) is 51.6 Å². The van der Waals surface area contributed by atoms with Gasteiger partial charge in [0.15, 0.2) is 5.16 Å². The van der Waals surface area contributed by atoms with Crippen molar-refractivity contribution in [2.75, 3.05) is 11.9 Å². The highest BCUT2D eigenvalue weighted by Crippen LogP contribution is 2.35. The summed E-state index contributed by atoms with van der Waals surface area (Å²) >= 11 is 1.54. The number of nitrogens with zero attached hydrogens (tertiary/aromatic N) is 2. The van der Waals surface area contributed by atoms with Gasteiger partial charge in [-0.2, -0.15) is 13.2 Å². The molecule has 0 fully saturated rings. The topological polar surface area (TPSA) is 124 Å². The number of amides is 2. The lowest BCUT2D eigenvalue weighted by atomic mass is 10.1. The predicted octanol–water partition coefficient (Wildman–Crippen LogP) is 5.32. The SMILES string of the molecule is CCCOC(=O)c1c(NC(=O)C(C)Sc2nc(-c3ccccc3)cc(C(F)(F)F)n2)sc(C(N)=O)c1C. The Bertz CT molecular complexity index is 1310. The molecule has 0 aliphatic carbocycles. The molecule has 3 N–H and O–H groups in total. The number of esters is 1. The minimum atomic E-state index is -4.72. The Labute approximate surface area is 218 Å². The minimum Gasteiger partial charge on any atom is -0.462 e. The number of carbonyl (C=O) groups is 3. The van der Waals surface area contributed by atoms with Gasteiger partial charge in [0.2, 0.25) is 5.91 Å². The molecule has 0 saturated carbocycles.